The van der Waals surface area contributed by atoms with Crippen molar-refractivity contribution >= 4 is 29.0 Å². The average molecular weight is 499 g/mol. The number of Topliss-reactive ketones (excluding diaryl/α,β-unsaturated/α-hetero) is 1. The van der Waals surface area contributed by atoms with Gasteiger partial charge in [-0.25, -0.2) is 14.2 Å². The fraction of sp³-hybridized carbons (Fsp3) is 0.385. The zero-order chi connectivity index (χ0) is 25.9. The smallest absolute Gasteiger partial charge is 0.355 e. The van der Waals surface area contributed by atoms with Crippen molar-refractivity contribution in [3.63, 3.8) is 0 Å². The van der Waals surface area contributed by atoms with E-state index in [1.54, 1.807) is 44.2 Å². The molecule has 1 aromatic heterocycles. The molecular weight excluding hydrogens is 468 g/mol. The number of carbonyl (C=O) groups is 1. The summed E-state index contributed by atoms with van der Waals surface area (Å²) in [5, 5.41) is 3.69. The first-order chi connectivity index (χ1) is 16.5. The van der Waals surface area contributed by atoms with E-state index in [1.807, 2.05) is 32.9 Å². The molecular formula is C26H31ClN4O4. The van der Waals surface area contributed by atoms with Crippen molar-refractivity contribution < 1.29 is 9.53 Å². The van der Waals surface area contributed by atoms with Crippen LogP contribution in [0.3, 0.4) is 0 Å². The van der Waals surface area contributed by atoms with E-state index in [9.17, 15) is 14.4 Å². The highest BCUT2D eigenvalue weighted by atomic mass is 35.5. The molecule has 0 amide bonds. The van der Waals surface area contributed by atoms with Crippen LogP contribution in [-0.2, 0) is 11.3 Å². The Bertz CT molecular complexity index is 1330. The van der Waals surface area contributed by atoms with Crippen molar-refractivity contribution in [2.24, 2.45) is 5.92 Å². The van der Waals surface area contributed by atoms with Gasteiger partial charge in [0.1, 0.15) is 11.5 Å². The summed E-state index contributed by atoms with van der Waals surface area (Å²) in [5.41, 5.74) is 1.07. The summed E-state index contributed by atoms with van der Waals surface area (Å²) in [6.45, 7) is 10.8. The van der Waals surface area contributed by atoms with E-state index in [0.717, 1.165) is 21.4 Å². The summed E-state index contributed by atoms with van der Waals surface area (Å²) < 4.78 is 8.22. The number of rotatable bonds is 9. The van der Waals surface area contributed by atoms with E-state index >= 15 is 0 Å². The van der Waals surface area contributed by atoms with Gasteiger partial charge in [-0.2, -0.15) is 4.98 Å². The van der Waals surface area contributed by atoms with Crippen molar-refractivity contribution in [1.82, 2.24) is 14.1 Å². The van der Waals surface area contributed by atoms with Gasteiger partial charge < -0.3 is 10.1 Å². The Morgan fingerprint density at radius 2 is 1.74 bits per heavy atom. The molecule has 0 bridgehead atoms. The van der Waals surface area contributed by atoms with Crippen molar-refractivity contribution in [1.29, 1.82) is 0 Å². The zero-order valence-corrected chi connectivity index (χ0v) is 21.6. The summed E-state index contributed by atoms with van der Waals surface area (Å²) in [6.07, 6.45) is 0.0331. The van der Waals surface area contributed by atoms with Crippen LogP contribution in [-0.4, -0.2) is 26.0 Å². The maximum atomic E-state index is 13.6. The molecule has 1 heterocycles. The SMILES string of the molecule is CC(=O)[C@H](C)[C@H](C)n1c(=O)nc(Nc2ccc(OC(C)C)c(C)c2)n(Cc2ccc(Cl)cc2)c1=O. The highest BCUT2D eigenvalue weighted by Crippen LogP contribution is 2.25. The predicted octanol–water partition coefficient (Wildman–Crippen LogP) is 4.73. The van der Waals surface area contributed by atoms with Gasteiger partial charge in [-0.05, 0) is 76.1 Å². The van der Waals surface area contributed by atoms with E-state index in [4.69, 9.17) is 16.3 Å². The molecule has 0 aliphatic heterocycles. The second-order valence-electron chi connectivity index (χ2n) is 8.99. The number of ether oxygens (including phenoxy) is 1. The van der Waals surface area contributed by atoms with Crippen molar-refractivity contribution in [2.75, 3.05) is 5.32 Å². The monoisotopic (exact) mass is 498 g/mol. The van der Waals surface area contributed by atoms with Gasteiger partial charge in [-0.1, -0.05) is 30.7 Å². The van der Waals surface area contributed by atoms with Crippen LogP contribution in [0.4, 0.5) is 11.6 Å². The topological polar surface area (TPSA) is 95.2 Å². The summed E-state index contributed by atoms with van der Waals surface area (Å²) >= 11 is 6.01. The third kappa shape index (κ3) is 6.19. The minimum Gasteiger partial charge on any atom is -0.491 e. The van der Waals surface area contributed by atoms with Gasteiger partial charge in [0.15, 0.2) is 0 Å². The molecule has 3 aromatic rings. The molecule has 186 valence electrons. The standard InChI is InChI=1S/C26H31ClN4O4/c1-15(2)35-23-12-11-22(13-16(23)3)28-24-29-25(33)31(18(5)17(4)19(6)32)26(34)30(24)14-20-7-9-21(27)10-8-20/h7-13,15,17-18H,14H2,1-6H3,(H,28,29,33)/t17-,18+/m1/s1. The van der Waals surface area contributed by atoms with Crippen molar-refractivity contribution in [2.45, 2.75) is 60.2 Å². The maximum Gasteiger partial charge on any atom is 0.355 e. The Morgan fingerprint density at radius 1 is 1.09 bits per heavy atom. The number of nitrogens with zero attached hydrogens (tertiary/aromatic N) is 3. The third-order valence-corrected chi connectivity index (χ3v) is 6.17. The highest BCUT2D eigenvalue weighted by molar-refractivity contribution is 6.30. The number of aryl methyl sites for hydroxylation is 1. The number of hydrogen-bond donors (Lipinski definition) is 1. The second-order valence-corrected chi connectivity index (χ2v) is 9.43. The summed E-state index contributed by atoms with van der Waals surface area (Å²) in [7, 11) is 0. The van der Waals surface area contributed by atoms with Crippen LogP contribution in [0, 0.1) is 12.8 Å². The number of aromatic nitrogens is 3. The molecule has 0 spiro atoms. The lowest BCUT2D eigenvalue weighted by atomic mass is 10.00. The molecule has 8 nitrogen and oxygen atoms in total. The number of hydrogen-bond acceptors (Lipinski definition) is 6. The van der Waals surface area contributed by atoms with Crippen LogP contribution in [0.2, 0.25) is 5.02 Å². The number of anilines is 2. The van der Waals surface area contributed by atoms with Crippen LogP contribution in [0.1, 0.15) is 51.8 Å². The first kappa shape index (κ1) is 26.2. The fourth-order valence-corrected chi connectivity index (χ4v) is 3.80. The van der Waals surface area contributed by atoms with Crippen LogP contribution in [0.15, 0.2) is 52.1 Å². The molecule has 3 rings (SSSR count). The van der Waals surface area contributed by atoms with E-state index in [-0.39, 0.29) is 24.4 Å². The molecule has 0 radical (unpaired) electrons. The number of halogens is 1. The molecule has 9 heteroatoms. The lowest BCUT2D eigenvalue weighted by molar-refractivity contribution is -0.121. The molecule has 0 unspecified atom stereocenters. The molecule has 0 fully saturated rings. The highest BCUT2D eigenvalue weighted by Gasteiger charge is 2.24. The van der Waals surface area contributed by atoms with E-state index in [0.29, 0.717) is 10.7 Å². The first-order valence-electron chi connectivity index (χ1n) is 11.5. The maximum absolute atomic E-state index is 13.6. The molecule has 0 aliphatic carbocycles. The fourth-order valence-electron chi connectivity index (χ4n) is 3.67. The minimum atomic E-state index is -0.720. The second kappa shape index (κ2) is 10.9. The van der Waals surface area contributed by atoms with Gasteiger partial charge in [0.2, 0.25) is 5.95 Å². The third-order valence-electron chi connectivity index (χ3n) is 5.92. The lowest BCUT2D eigenvalue weighted by Crippen LogP contribution is -2.46. The molecule has 0 saturated carbocycles. The van der Waals surface area contributed by atoms with Gasteiger partial charge in [-0.3, -0.25) is 9.36 Å². The number of carbonyl (C=O) groups excluding carboxylic acids is 1. The quantitative estimate of drug-likeness (QED) is 0.458. The van der Waals surface area contributed by atoms with Gasteiger partial charge in [0, 0.05) is 22.7 Å². The van der Waals surface area contributed by atoms with Gasteiger partial charge in [0.25, 0.3) is 0 Å². The molecule has 1 N–H and O–H groups in total. The van der Waals surface area contributed by atoms with Crippen molar-refractivity contribution in [3.05, 3.63) is 79.6 Å². The Kier molecular flexibility index (Phi) is 8.17. The average Bonchev–Trinajstić information content (AvgIpc) is 2.78. The zero-order valence-electron chi connectivity index (χ0n) is 20.8. The van der Waals surface area contributed by atoms with Crippen LogP contribution < -0.4 is 21.4 Å². The normalized spacial score (nSPS) is 12.9. The molecule has 2 atom stereocenters. The van der Waals surface area contributed by atoms with Crippen molar-refractivity contribution in [3.8, 4) is 5.75 Å². The van der Waals surface area contributed by atoms with E-state index in [1.165, 1.54) is 11.5 Å². The van der Waals surface area contributed by atoms with Gasteiger partial charge in [0.05, 0.1) is 12.6 Å². The Hall–Kier alpha value is -3.39. The van der Waals surface area contributed by atoms with E-state index < -0.39 is 23.3 Å². The predicted molar refractivity (Wildman–Crippen MR) is 138 cm³/mol. The minimum absolute atomic E-state index is 0.0331. The summed E-state index contributed by atoms with van der Waals surface area (Å²) in [5.74, 6) is 0.209. The molecule has 35 heavy (non-hydrogen) atoms. The number of benzene rings is 2. The summed E-state index contributed by atoms with van der Waals surface area (Å²) in [4.78, 5) is 42.7. The summed E-state index contributed by atoms with van der Waals surface area (Å²) in [6, 6.07) is 11.9. The van der Waals surface area contributed by atoms with Gasteiger partial charge in [-0.15, -0.1) is 0 Å². The molecule has 0 aliphatic rings. The molecule has 0 saturated heterocycles. The van der Waals surface area contributed by atoms with Crippen LogP contribution >= 0.6 is 11.6 Å². The van der Waals surface area contributed by atoms with Crippen LogP contribution in [0.25, 0.3) is 0 Å². The lowest BCUT2D eigenvalue weighted by Gasteiger charge is -2.22. The number of ketones is 1. The van der Waals surface area contributed by atoms with Gasteiger partial charge >= 0.3 is 11.4 Å². The van der Waals surface area contributed by atoms with Crippen LogP contribution in [0.5, 0.6) is 5.75 Å². The van der Waals surface area contributed by atoms with E-state index in [2.05, 4.69) is 10.3 Å². The largest absolute Gasteiger partial charge is 0.491 e. The number of nitrogens with one attached hydrogen (secondary N) is 1. The Labute approximate surface area is 209 Å². The Morgan fingerprint density at radius 3 is 2.31 bits per heavy atom. The molecule has 2 aromatic carbocycles. The first-order valence-corrected chi connectivity index (χ1v) is 11.9. The Balaban J connectivity index is 2.10.